The highest BCUT2D eigenvalue weighted by molar-refractivity contribution is 5.85. The summed E-state index contributed by atoms with van der Waals surface area (Å²) in [6, 6.07) is 18.2. The maximum atomic E-state index is 2.55. The second-order valence-corrected chi connectivity index (χ2v) is 10.2. The molecule has 0 amide bonds. The van der Waals surface area contributed by atoms with Gasteiger partial charge in [0.25, 0.3) is 0 Å². The summed E-state index contributed by atoms with van der Waals surface area (Å²) in [4.78, 5) is 0. The van der Waals surface area contributed by atoms with E-state index in [2.05, 4.69) is 97.1 Å². The first kappa shape index (κ1) is 20.0. The predicted molar refractivity (Wildman–Crippen MR) is 143 cm³/mol. The van der Waals surface area contributed by atoms with E-state index in [1.165, 1.54) is 46.4 Å². The fraction of sp³-hybridized carbons (Fsp3) is 0.235. The smallest absolute Gasteiger partial charge is 0.0134 e. The molecular weight excluding hydrogens is 408 g/mol. The van der Waals surface area contributed by atoms with Crippen molar-refractivity contribution in [1.29, 1.82) is 0 Å². The Bertz CT molecular complexity index is 1500. The molecule has 0 aliphatic heterocycles. The summed E-state index contributed by atoms with van der Waals surface area (Å²) >= 11 is 0. The second kappa shape index (κ2) is 8.13. The largest absolute Gasteiger partial charge is 0.0839 e. The number of rotatable bonds is 2. The van der Waals surface area contributed by atoms with Gasteiger partial charge in [-0.05, 0) is 93.5 Å². The number of allylic oxidation sites excluding steroid dienone is 11. The van der Waals surface area contributed by atoms with E-state index in [-0.39, 0.29) is 0 Å². The van der Waals surface area contributed by atoms with E-state index in [1.54, 1.807) is 27.9 Å². The standard InChI is InChI=1S/C34H30/c1-3-11-25-21-27(19-17-23(25)9-1)33-29-13-5-7-15-31(29)34(32-16-8-6-14-30(32)33)28-20-18-24-10-2-4-12-26(24)22-28/h1-3,5-11,13-16,21-22,29,31H,4,12,17-20H2. The highest BCUT2D eigenvalue weighted by Crippen LogP contribution is 2.45. The van der Waals surface area contributed by atoms with E-state index in [9.17, 15) is 0 Å². The molecule has 0 saturated heterocycles. The zero-order chi connectivity index (χ0) is 22.5. The van der Waals surface area contributed by atoms with Crippen molar-refractivity contribution < 1.29 is 0 Å². The zero-order valence-electron chi connectivity index (χ0n) is 19.6. The van der Waals surface area contributed by atoms with Crippen LogP contribution in [0.2, 0.25) is 0 Å². The first-order chi connectivity index (χ1) is 16.9. The highest BCUT2D eigenvalue weighted by atomic mass is 14.4. The Morgan fingerprint density at radius 3 is 2.06 bits per heavy atom. The average molecular weight is 439 g/mol. The number of fused-ring (bicyclic) bond motifs is 3. The van der Waals surface area contributed by atoms with Gasteiger partial charge < -0.3 is 0 Å². The summed E-state index contributed by atoms with van der Waals surface area (Å²) in [6.45, 7) is 0. The van der Waals surface area contributed by atoms with Gasteiger partial charge in [0, 0.05) is 11.8 Å². The minimum atomic E-state index is 0.411. The number of benzene rings is 2. The van der Waals surface area contributed by atoms with E-state index in [4.69, 9.17) is 0 Å². The van der Waals surface area contributed by atoms with Gasteiger partial charge in [-0.3, -0.25) is 0 Å². The topological polar surface area (TPSA) is 0 Å². The lowest BCUT2D eigenvalue weighted by Gasteiger charge is -2.36. The van der Waals surface area contributed by atoms with Crippen LogP contribution < -0.4 is 10.4 Å². The Kier molecular flexibility index (Phi) is 4.79. The minimum Gasteiger partial charge on any atom is -0.0839 e. The zero-order valence-corrected chi connectivity index (χ0v) is 19.6. The van der Waals surface area contributed by atoms with Gasteiger partial charge in [-0.2, -0.15) is 0 Å². The molecule has 166 valence electrons. The Labute approximate surface area is 202 Å². The van der Waals surface area contributed by atoms with Crippen molar-refractivity contribution in [3.8, 4) is 0 Å². The number of aryl methyl sites for hydroxylation is 1. The third kappa shape index (κ3) is 3.20. The van der Waals surface area contributed by atoms with Gasteiger partial charge in [0.1, 0.15) is 0 Å². The Balaban J connectivity index is 1.49. The van der Waals surface area contributed by atoms with Gasteiger partial charge in [-0.15, -0.1) is 0 Å². The summed E-state index contributed by atoms with van der Waals surface area (Å²) < 4.78 is 0. The van der Waals surface area contributed by atoms with Crippen molar-refractivity contribution >= 4 is 17.2 Å². The number of hydrogen-bond acceptors (Lipinski definition) is 0. The predicted octanol–water partition coefficient (Wildman–Crippen LogP) is 6.76. The molecule has 2 aromatic carbocycles. The lowest BCUT2D eigenvalue weighted by Crippen LogP contribution is -2.41. The van der Waals surface area contributed by atoms with Crippen molar-refractivity contribution in [2.45, 2.75) is 38.5 Å². The summed E-state index contributed by atoms with van der Waals surface area (Å²) in [5, 5.41) is 2.91. The maximum Gasteiger partial charge on any atom is 0.0134 e. The molecule has 0 heteroatoms. The Morgan fingerprint density at radius 2 is 1.26 bits per heavy atom. The average Bonchev–Trinajstić information content (AvgIpc) is 2.91. The lowest BCUT2D eigenvalue weighted by molar-refractivity contribution is 0.671. The van der Waals surface area contributed by atoms with Gasteiger partial charge in [-0.1, -0.05) is 97.1 Å². The van der Waals surface area contributed by atoms with E-state index in [1.807, 2.05) is 0 Å². The molecular formula is C34H30. The Hall–Kier alpha value is -3.38. The van der Waals surface area contributed by atoms with E-state index in [0.717, 1.165) is 19.3 Å². The monoisotopic (exact) mass is 438 g/mol. The van der Waals surface area contributed by atoms with E-state index < -0.39 is 0 Å². The van der Waals surface area contributed by atoms with Crippen LogP contribution in [-0.4, -0.2) is 0 Å². The summed E-state index contributed by atoms with van der Waals surface area (Å²) in [6.07, 6.45) is 26.2. The van der Waals surface area contributed by atoms with Crippen molar-refractivity contribution in [2.75, 3.05) is 0 Å². The molecule has 0 saturated carbocycles. The molecule has 0 N–H and O–H groups in total. The summed E-state index contributed by atoms with van der Waals surface area (Å²) in [7, 11) is 0. The van der Waals surface area contributed by atoms with Crippen LogP contribution in [0.5, 0.6) is 0 Å². The maximum absolute atomic E-state index is 2.55. The molecule has 0 fully saturated rings. The van der Waals surface area contributed by atoms with Crippen LogP contribution >= 0.6 is 0 Å². The molecule has 0 heterocycles. The molecule has 2 aromatic rings. The molecule has 0 radical (unpaired) electrons. The minimum absolute atomic E-state index is 0.411. The van der Waals surface area contributed by atoms with Crippen molar-refractivity contribution in [3.05, 3.63) is 135 Å². The van der Waals surface area contributed by atoms with Gasteiger partial charge in [0.15, 0.2) is 0 Å². The second-order valence-electron chi connectivity index (χ2n) is 10.2. The molecule has 2 unspecified atom stereocenters. The van der Waals surface area contributed by atoms with Gasteiger partial charge in [0.05, 0.1) is 0 Å². The van der Waals surface area contributed by atoms with Gasteiger partial charge >= 0.3 is 0 Å². The highest BCUT2D eigenvalue weighted by Gasteiger charge is 2.34. The van der Waals surface area contributed by atoms with Crippen molar-refractivity contribution in [3.63, 3.8) is 0 Å². The van der Waals surface area contributed by atoms with Crippen molar-refractivity contribution in [1.82, 2.24) is 0 Å². The molecule has 0 aromatic heterocycles. The summed E-state index contributed by atoms with van der Waals surface area (Å²) in [5.41, 5.74) is 12.2. The van der Waals surface area contributed by atoms with Crippen LogP contribution in [0.25, 0.3) is 17.2 Å². The molecule has 5 aliphatic rings. The molecule has 0 spiro atoms. The van der Waals surface area contributed by atoms with E-state index >= 15 is 0 Å². The third-order valence-corrected chi connectivity index (χ3v) is 8.37. The SMILES string of the molecule is C1=CC2C(C3=CC4=C(C=CCC4)CC3)=c3ccccc3=C(C3=Cc4ccccc4CC3)C2C=C1. The van der Waals surface area contributed by atoms with Crippen LogP contribution in [0, 0.1) is 11.8 Å². The van der Waals surface area contributed by atoms with Crippen LogP contribution in [0.4, 0.5) is 0 Å². The molecule has 0 nitrogen and oxygen atoms in total. The van der Waals surface area contributed by atoms with Crippen LogP contribution in [-0.2, 0) is 6.42 Å². The summed E-state index contributed by atoms with van der Waals surface area (Å²) in [5.74, 6) is 0.828. The fourth-order valence-corrected chi connectivity index (χ4v) is 6.79. The molecule has 2 atom stereocenters. The Morgan fingerprint density at radius 1 is 0.588 bits per heavy atom. The fourth-order valence-electron chi connectivity index (χ4n) is 6.79. The first-order valence-electron chi connectivity index (χ1n) is 12.9. The molecule has 34 heavy (non-hydrogen) atoms. The van der Waals surface area contributed by atoms with Crippen LogP contribution in [0.1, 0.15) is 43.2 Å². The molecule has 7 rings (SSSR count). The quantitative estimate of drug-likeness (QED) is 0.486. The van der Waals surface area contributed by atoms with Crippen molar-refractivity contribution in [2.24, 2.45) is 11.8 Å². The molecule has 0 bridgehead atoms. The van der Waals surface area contributed by atoms with Gasteiger partial charge in [0.2, 0.25) is 0 Å². The number of hydrogen-bond donors (Lipinski definition) is 0. The molecule has 5 aliphatic carbocycles. The third-order valence-electron chi connectivity index (χ3n) is 8.37. The van der Waals surface area contributed by atoms with E-state index in [0.29, 0.717) is 11.8 Å². The van der Waals surface area contributed by atoms with Crippen LogP contribution in [0.3, 0.4) is 0 Å². The lowest BCUT2D eigenvalue weighted by atomic mass is 9.67. The van der Waals surface area contributed by atoms with Gasteiger partial charge in [-0.25, -0.2) is 0 Å². The first-order valence-corrected chi connectivity index (χ1v) is 12.9. The normalized spacial score (nSPS) is 24.7. The van der Waals surface area contributed by atoms with Crippen LogP contribution in [0.15, 0.2) is 113 Å².